The van der Waals surface area contributed by atoms with Crippen LogP contribution in [0.1, 0.15) is 38.5 Å². The normalized spacial score (nSPS) is 36.6. The van der Waals surface area contributed by atoms with Crippen LogP contribution in [0.25, 0.3) is 0 Å². The molecule has 3 aliphatic rings. The number of hydrogen-bond acceptors (Lipinski definition) is 2. The van der Waals surface area contributed by atoms with E-state index < -0.39 is 0 Å². The Hall–Kier alpha value is -1.15. The van der Waals surface area contributed by atoms with Crippen molar-refractivity contribution in [3.63, 3.8) is 0 Å². The summed E-state index contributed by atoms with van der Waals surface area (Å²) in [4.78, 5) is 4.40. The molecule has 1 heterocycles. The first kappa shape index (κ1) is 12.9. The van der Waals surface area contributed by atoms with Crippen molar-refractivity contribution in [2.75, 3.05) is 6.54 Å². The van der Waals surface area contributed by atoms with Gasteiger partial charge >= 0.3 is 0 Å². The predicted molar refractivity (Wildman–Crippen MR) is 81.3 cm³/mol. The fourth-order valence-corrected chi connectivity index (χ4v) is 3.76. The highest BCUT2D eigenvalue weighted by molar-refractivity contribution is 5.59. The minimum atomic E-state index is 0.398. The maximum absolute atomic E-state index is 6.21. The summed E-state index contributed by atoms with van der Waals surface area (Å²) in [6.45, 7) is 0.823. The molecule has 1 aliphatic heterocycles. The molecule has 0 spiro atoms. The summed E-state index contributed by atoms with van der Waals surface area (Å²) in [5, 5.41) is 0. The highest BCUT2D eigenvalue weighted by Crippen LogP contribution is 2.41. The molecule has 0 radical (unpaired) electrons. The first-order valence-electron chi connectivity index (χ1n) is 7.66. The van der Waals surface area contributed by atoms with Gasteiger partial charge in [-0.15, -0.1) is 0 Å². The van der Waals surface area contributed by atoms with Crippen LogP contribution in [0, 0.1) is 11.8 Å². The van der Waals surface area contributed by atoms with Crippen LogP contribution in [0.3, 0.4) is 0 Å². The number of rotatable bonds is 0. The molecule has 0 bridgehead atoms. The van der Waals surface area contributed by atoms with Gasteiger partial charge in [0.05, 0.1) is 6.54 Å². The Bertz CT molecular complexity index is 442. The first-order chi connectivity index (χ1) is 9.34. The van der Waals surface area contributed by atoms with Crippen molar-refractivity contribution >= 4 is 6.21 Å². The van der Waals surface area contributed by atoms with Crippen LogP contribution in [-0.2, 0) is 0 Å². The summed E-state index contributed by atoms with van der Waals surface area (Å²) in [6, 6.07) is 0.398. The second-order valence-electron chi connectivity index (χ2n) is 6.03. The topological polar surface area (TPSA) is 38.4 Å². The van der Waals surface area contributed by atoms with Crippen LogP contribution in [0.15, 0.2) is 40.4 Å². The summed E-state index contributed by atoms with van der Waals surface area (Å²) in [7, 11) is 0. The third kappa shape index (κ3) is 2.89. The lowest BCUT2D eigenvalue weighted by Crippen LogP contribution is -2.25. The van der Waals surface area contributed by atoms with Crippen LogP contribution in [-0.4, -0.2) is 18.8 Å². The van der Waals surface area contributed by atoms with Gasteiger partial charge in [-0.25, -0.2) is 0 Å². The standard InChI is InChI=1S/C17H24N2/c18-15-5-1-6-17-14(12-15)9-8-13-4-2-10-19-11-3-7-16(13)17/h2,4,8-9,11,14-15,17H,1,3,5-7,10,12,18H2/b4-2-,19-11?. The van der Waals surface area contributed by atoms with Gasteiger partial charge < -0.3 is 5.73 Å². The van der Waals surface area contributed by atoms with E-state index in [1.54, 1.807) is 5.57 Å². The number of nitrogens with zero attached hydrogens (tertiary/aromatic N) is 1. The van der Waals surface area contributed by atoms with Crippen LogP contribution in [0.5, 0.6) is 0 Å². The van der Waals surface area contributed by atoms with Crippen molar-refractivity contribution in [3.05, 3.63) is 35.5 Å². The summed E-state index contributed by atoms with van der Waals surface area (Å²) >= 11 is 0. The Kier molecular flexibility index (Phi) is 3.97. The van der Waals surface area contributed by atoms with Gasteiger partial charge in [0.2, 0.25) is 0 Å². The molecule has 0 saturated heterocycles. The van der Waals surface area contributed by atoms with Gasteiger partial charge in [0, 0.05) is 6.04 Å². The van der Waals surface area contributed by atoms with Crippen molar-refractivity contribution in [2.24, 2.45) is 22.6 Å². The molecule has 0 aromatic rings. The number of allylic oxidation sites excluding steroid dienone is 5. The fourth-order valence-electron chi connectivity index (χ4n) is 3.76. The van der Waals surface area contributed by atoms with Gasteiger partial charge in [0.25, 0.3) is 0 Å². The van der Waals surface area contributed by atoms with Crippen molar-refractivity contribution in [3.8, 4) is 0 Å². The molecule has 3 rings (SSSR count). The monoisotopic (exact) mass is 256 g/mol. The molecule has 19 heavy (non-hydrogen) atoms. The smallest absolute Gasteiger partial charge is 0.0569 e. The van der Waals surface area contributed by atoms with E-state index in [0.29, 0.717) is 12.0 Å². The van der Waals surface area contributed by atoms with Crippen molar-refractivity contribution < 1.29 is 0 Å². The average molecular weight is 256 g/mol. The summed E-state index contributed by atoms with van der Waals surface area (Å²) < 4.78 is 0. The molecule has 0 aromatic heterocycles. The summed E-state index contributed by atoms with van der Waals surface area (Å²) in [5.74, 6) is 1.40. The van der Waals surface area contributed by atoms with E-state index in [1.807, 2.05) is 0 Å². The van der Waals surface area contributed by atoms with Crippen LogP contribution in [0.2, 0.25) is 0 Å². The second kappa shape index (κ2) is 5.87. The van der Waals surface area contributed by atoms with Gasteiger partial charge in [-0.3, -0.25) is 4.99 Å². The van der Waals surface area contributed by atoms with Gasteiger partial charge in [-0.05, 0) is 55.7 Å². The van der Waals surface area contributed by atoms with Gasteiger partial charge in [0.15, 0.2) is 0 Å². The zero-order valence-electron chi connectivity index (χ0n) is 11.6. The van der Waals surface area contributed by atoms with E-state index in [-0.39, 0.29) is 0 Å². The average Bonchev–Trinajstić information content (AvgIpc) is 2.52. The largest absolute Gasteiger partial charge is 0.328 e. The molecule has 1 fully saturated rings. The minimum Gasteiger partial charge on any atom is -0.328 e. The zero-order chi connectivity index (χ0) is 13.1. The second-order valence-corrected chi connectivity index (χ2v) is 6.03. The van der Waals surface area contributed by atoms with Gasteiger partial charge in [-0.2, -0.15) is 0 Å². The Morgan fingerprint density at radius 1 is 1.21 bits per heavy atom. The van der Waals surface area contributed by atoms with Crippen molar-refractivity contribution in [2.45, 2.75) is 44.6 Å². The molecule has 2 N–H and O–H groups in total. The van der Waals surface area contributed by atoms with Crippen LogP contribution >= 0.6 is 0 Å². The minimum absolute atomic E-state index is 0.398. The molecule has 3 atom stereocenters. The maximum Gasteiger partial charge on any atom is 0.0569 e. The lowest BCUT2D eigenvalue weighted by Gasteiger charge is -2.31. The van der Waals surface area contributed by atoms with E-state index >= 15 is 0 Å². The van der Waals surface area contributed by atoms with Gasteiger partial charge in [-0.1, -0.05) is 36.3 Å². The molecule has 2 aliphatic carbocycles. The molecular weight excluding hydrogens is 232 g/mol. The molecule has 102 valence electrons. The summed E-state index contributed by atoms with van der Waals surface area (Å²) in [5.41, 5.74) is 9.31. The molecule has 1 saturated carbocycles. The van der Waals surface area contributed by atoms with E-state index in [1.165, 1.54) is 31.3 Å². The zero-order valence-corrected chi connectivity index (χ0v) is 11.6. The lowest BCUT2D eigenvalue weighted by atomic mass is 9.74. The number of aliphatic imine (C=N–C) groups is 1. The van der Waals surface area contributed by atoms with Gasteiger partial charge in [0.1, 0.15) is 0 Å². The number of nitrogens with two attached hydrogens (primary N) is 1. The van der Waals surface area contributed by atoms with Crippen molar-refractivity contribution in [1.82, 2.24) is 0 Å². The predicted octanol–water partition coefficient (Wildman–Crippen LogP) is 3.41. The van der Waals surface area contributed by atoms with Crippen LogP contribution < -0.4 is 5.73 Å². The van der Waals surface area contributed by atoms with E-state index in [2.05, 4.69) is 35.5 Å². The lowest BCUT2D eigenvalue weighted by molar-refractivity contribution is 0.400. The van der Waals surface area contributed by atoms with E-state index in [9.17, 15) is 0 Å². The molecule has 2 nitrogen and oxygen atoms in total. The third-order valence-corrected chi connectivity index (χ3v) is 4.70. The molecule has 0 amide bonds. The SMILES string of the molecule is NC1CCCC2C3=C(C=CC2C1)/C=C\CN=CCC3. The fraction of sp³-hybridized carbons (Fsp3) is 0.588. The molecule has 0 aromatic carbocycles. The van der Waals surface area contributed by atoms with Crippen LogP contribution in [0.4, 0.5) is 0 Å². The molecule has 3 unspecified atom stereocenters. The van der Waals surface area contributed by atoms with E-state index in [4.69, 9.17) is 5.73 Å². The molecule has 2 heteroatoms. The third-order valence-electron chi connectivity index (χ3n) is 4.70. The quantitative estimate of drug-likeness (QED) is 0.708. The Morgan fingerprint density at radius 2 is 2.16 bits per heavy atom. The summed E-state index contributed by atoms with van der Waals surface area (Å²) in [6.07, 6.45) is 18.5. The first-order valence-corrected chi connectivity index (χ1v) is 7.66. The van der Waals surface area contributed by atoms with Crippen molar-refractivity contribution in [1.29, 1.82) is 0 Å². The Labute approximate surface area is 116 Å². The maximum atomic E-state index is 6.21. The highest BCUT2D eigenvalue weighted by atomic mass is 14.7. The Balaban J connectivity index is 1.89. The number of fused-ring (bicyclic) bond motifs is 2. The highest BCUT2D eigenvalue weighted by Gasteiger charge is 2.30. The molecular formula is C17H24N2. The number of hydrogen-bond donors (Lipinski definition) is 1. The van der Waals surface area contributed by atoms with E-state index in [0.717, 1.165) is 25.3 Å². The Morgan fingerprint density at radius 3 is 3.11 bits per heavy atom.